The van der Waals surface area contributed by atoms with Gasteiger partial charge in [-0.2, -0.15) is 13.1 Å². The zero-order chi connectivity index (χ0) is 14.3. The fourth-order valence-electron chi connectivity index (χ4n) is 1.36. The standard InChI is InChI=1S/C11H15ClN2O4S/c1-2-18-11(15)14-19(16,17)13-10(8-12)9-6-4-3-5-7-9/h3-7,10,13H,2,8H2,1H3,(H,14,15). The molecule has 0 spiro atoms. The molecule has 1 aromatic carbocycles. The summed E-state index contributed by atoms with van der Waals surface area (Å²) >= 11 is 5.73. The molecule has 0 saturated heterocycles. The molecule has 1 aromatic rings. The van der Waals surface area contributed by atoms with E-state index >= 15 is 0 Å². The van der Waals surface area contributed by atoms with Crippen molar-refractivity contribution in [1.82, 2.24) is 9.44 Å². The molecule has 1 unspecified atom stereocenters. The van der Waals surface area contributed by atoms with Gasteiger partial charge in [-0.05, 0) is 12.5 Å². The first kappa shape index (κ1) is 15.7. The van der Waals surface area contributed by atoms with Crippen LogP contribution in [-0.2, 0) is 14.9 Å². The van der Waals surface area contributed by atoms with Crippen LogP contribution in [0.4, 0.5) is 4.79 Å². The van der Waals surface area contributed by atoms with Crippen LogP contribution in [0.25, 0.3) is 0 Å². The molecule has 106 valence electrons. The number of halogens is 1. The van der Waals surface area contributed by atoms with Gasteiger partial charge in [-0.3, -0.25) is 0 Å². The van der Waals surface area contributed by atoms with E-state index in [0.29, 0.717) is 5.56 Å². The van der Waals surface area contributed by atoms with Crippen molar-refractivity contribution in [2.45, 2.75) is 13.0 Å². The lowest BCUT2D eigenvalue weighted by atomic mass is 10.1. The molecule has 2 N–H and O–H groups in total. The predicted molar refractivity (Wildman–Crippen MR) is 72.1 cm³/mol. The van der Waals surface area contributed by atoms with Crippen molar-refractivity contribution in [3.8, 4) is 0 Å². The minimum absolute atomic E-state index is 0.0355. The van der Waals surface area contributed by atoms with Crippen LogP contribution in [0.15, 0.2) is 30.3 Å². The highest BCUT2D eigenvalue weighted by Gasteiger charge is 2.21. The quantitative estimate of drug-likeness (QED) is 0.781. The average Bonchev–Trinajstić information content (AvgIpc) is 2.36. The Morgan fingerprint density at radius 1 is 1.37 bits per heavy atom. The Balaban J connectivity index is 2.73. The summed E-state index contributed by atoms with van der Waals surface area (Å²) in [5.74, 6) is 0.0355. The molecule has 1 amide bonds. The van der Waals surface area contributed by atoms with E-state index in [1.165, 1.54) is 0 Å². The van der Waals surface area contributed by atoms with Crippen LogP contribution in [-0.4, -0.2) is 27.0 Å². The summed E-state index contributed by atoms with van der Waals surface area (Å²) in [6.45, 7) is 1.66. The van der Waals surface area contributed by atoms with Crippen LogP contribution in [0.2, 0.25) is 0 Å². The van der Waals surface area contributed by atoms with Gasteiger partial charge < -0.3 is 4.74 Å². The fourth-order valence-corrected chi connectivity index (χ4v) is 2.64. The van der Waals surface area contributed by atoms with Gasteiger partial charge in [-0.1, -0.05) is 30.3 Å². The summed E-state index contributed by atoms with van der Waals surface area (Å²) in [5, 5.41) is 0. The summed E-state index contributed by atoms with van der Waals surface area (Å²) in [6.07, 6.45) is -1.03. The number of hydrogen-bond donors (Lipinski definition) is 2. The van der Waals surface area contributed by atoms with E-state index in [9.17, 15) is 13.2 Å². The monoisotopic (exact) mass is 306 g/mol. The van der Waals surface area contributed by atoms with Crippen molar-refractivity contribution in [3.05, 3.63) is 35.9 Å². The maximum atomic E-state index is 11.7. The Kier molecular flexibility index (Phi) is 6.07. The second-order valence-corrected chi connectivity index (χ2v) is 5.32. The first-order valence-corrected chi connectivity index (χ1v) is 7.58. The number of rotatable bonds is 6. The molecule has 0 saturated carbocycles. The van der Waals surface area contributed by atoms with Crippen LogP contribution in [0, 0.1) is 0 Å². The van der Waals surface area contributed by atoms with E-state index < -0.39 is 22.3 Å². The van der Waals surface area contributed by atoms with E-state index in [4.69, 9.17) is 11.6 Å². The first-order valence-electron chi connectivity index (χ1n) is 5.56. The van der Waals surface area contributed by atoms with Gasteiger partial charge in [0.2, 0.25) is 0 Å². The molecule has 0 heterocycles. The number of amides is 1. The molecule has 6 nitrogen and oxygen atoms in total. The van der Waals surface area contributed by atoms with Gasteiger partial charge in [0.25, 0.3) is 0 Å². The molecule has 0 fully saturated rings. The zero-order valence-electron chi connectivity index (χ0n) is 10.3. The van der Waals surface area contributed by atoms with Gasteiger partial charge in [0.05, 0.1) is 12.6 Å². The van der Waals surface area contributed by atoms with Crippen molar-refractivity contribution < 1.29 is 17.9 Å². The highest BCUT2D eigenvalue weighted by molar-refractivity contribution is 7.88. The SMILES string of the molecule is CCOC(=O)NS(=O)(=O)NC(CCl)c1ccccc1. The topological polar surface area (TPSA) is 84.5 Å². The number of benzene rings is 1. The maximum Gasteiger partial charge on any atom is 0.421 e. The third-order valence-electron chi connectivity index (χ3n) is 2.15. The molecule has 0 aliphatic carbocycles. The van der Waals surface area contributed by atoms with Crippen LogP contribution in [0.3, 0.4) is 0 Å². The van der Waals surface area contributed by atoms with Crippen molar-refractivity contribution in [3.63, 3.8) is 0 Å². The highest BCUT2D eigenvalue weighted by Crippen LogP contribution is 2.14. The van der Waals surface area contributed by atoms with Gasteiger partial charge in [0.15, 0.2) is 0 Å². The third kappa shape index (κ3) is 5.46. The Labute approximate surface area is 117 Å². The number of carbonyl (C=O) groups is 1. The Bertz CT molecular complexity index is 507. The minimum Gasteiger partial charge on any atom is -0.449 e. The molecule has 19 heavy (non-hydrogen) atoms. The third-order valence-corrected chi connectivity index (χ3v) is 3.49. The van der Waals surface area contributed by atoms with Crippen molar-refractivity contribution >= 4 is 27.9 Å². The molecule has 1 rings (SSSR count). The average molecular weight is 307 g/mol. The second kappa shape index (κ2) is 7.32. The van der Waals surface area contributed by atoms with Gasteiger partial charge in [-0.15, -0.1) is 11.6 Å². The summed E-state index contributed by atoms with van der Waals surface area (Å²) in [7, 11) is -4.02. The molecule has 0 aliphatic rings. The molecule has 0 aromatic heterocycles. The lowest BCUT2D eigenvalue weighted by Gasteiger charge is -2.16. The van der Waals surface area contributed by atoms with E-state index in [1.807, 2.05) is 0 Å². The number of alkyl halides is 1. The van der Waals surface area contributed by atoms with Crippen molar-refractivity contribution in [2.75, 3.05) is 12.5 Å². The van der Waals surface area contributed by atoms with Gasteiger partial charge >= 0.3 is 16.3 Å². The lowest BCUT2D eigenvalue weighted by molar-refractivity contribution is 0.158. The Hall–Kier alpha value is -1.31. The fraction of sp³-hybridized carbons (Fsp3) is 0.364. The Morgan fingerprint density at radius 2 is 2.00 bits per heavy atom. The van der Waals surface area contributed by atoms with Crippen LogP contribution in [0.1, 0.15) is 18.5 Å². The van der Waals surface area contributed by atoms with Crippen molar-refractivity contribution in [1.29, 1.82) is 0 Å². The van der Waals surface area contributed by atoms with Crippen LogP contribution < -0.4 is 9.44 Å². The molecule has 1 atom stereocenters. The Morgan fingerprint density at radius 3 is 2.53 bits per heavy atom. The number of nitrogens with one attached hydrogen (secondary N) is 2. The van der Waals surface area contributed by atoms with E-state index in [0.717, 1.165) is 0 Å². The number of hydrogen-bond acceptors (Lipinski definition) is 4. The van der Waals surface area contributed by atoms with E-state index in [2.05, 4.69) is 9.46 Å². The zero-order valence-corrected chi connectivity index (χ0v) is 11.9. The van der Waals surface area contributed by atoms with Crippen LogP contribution >= 0.6 is 11.6 Å². The van der Waals surface area contributed by atoms with Gasteiger partial charge in [0, 0.05) is 5.88 Å². The summed E-state index contributed by atoms with van der Waals surface area (Å²) < 4.78 is 31.9. The smallest absolute Gasteiger partial charge is 0.421 e. The number of ether oxygens (including phenoxy) is 1. The molecule has 8 heteroatoms. The minimum atomic E-state index is -4.02. The largest absolute Gasteiger partial charge is 0.449 e. The second-order valence-electron chi connectivity index (χ2n) is 3.56. The predicted octanol–water partition coefficient (Wildman–Crippen LogP) is 1.55. The van der Waals surface area contributed by atoms with Gasteiger partial charge in [0.1, 0.15) is 0 Å². The van der Waals surface area contributed by atoms with E-state index in [-0.39, 0.29) is 12.5 Å². The summed E-state index contributed by atoms with van der Waals surface area (Å²) in [6, 6.07) is 8.18. The van der Waals surface area contributed by atoms with Crippen LogP contribution in [0.5, 0.6) is 0 Å². The maximum absolute atomic E-state index is 11.7. The lowest BCUT2D eigenvalue weighted by Crippen LogP contribution is -2.42. The van der Waals surface area contributed by atoms with Gasteiger partial charge in [-0.25, -0.2) is 9.52 Å². The molecular weight excluding hydrogens is 292 g/mol. The van der Waals surface area contributed by atoms with E-state index in [1.54, 1.807) is 42.0 Å². The molecule has 0 bridgehead atoms. The highest BCUT2D eigenvalue weighted by atomic mass is 35.5. The molecule has 0 aliphatic heterocycles. The first-order chi connectivity index (χ1) is 8.98. The normalized spacial score (nSPS) is 12.7. The number of carbonyl (C=O) groups excluding carboxylic acids is 1. The van der Waals surface area contributed by atoms with Crippen molar-refractivity contribution in [2.24, 2.45) is 0 Å². The summed E-state index contributed by atoms with van der Waals surface area (Å²) in [5.41, 5.74) is 0.701. The molecule has 0 radical (unpaired) electrons. The summed E-state index contributed by atoms with van der Waals surface area (Å²) in [4.78, 5) is 11.1. The molecular formula is C11H15ClN2O4S.